The molecule has 2 atom stereocenters. The summed E-state index contributed by atoms with van der Waals surface area (Å²) in [7, 11) is 1.55. The summed E-state index contributed by atoms with van der Waals surface area (Å²) in [6.45, 7) is 0.321. The molecule has 0 unspecified atom stereocenters. The molecule has 114 valence electrons. The molecule has 0 radical (unpaired) electrons. The second-order valence-corrected chi connectivity index (χ2v) is 5.03. The van der Waals surface area contributed by atoms with E-state index in [4.69, 9.17) is 10.00 Å². The Labute approximate surface area is 125 Å². The SMILES string of the molecule is CO[C@@H]1C[C@@H](c2ncn[nH]2)N(c2c(F)cc(C#N)cc2F)C1. The molecule has 1 fully saturated rings. The Hall–Kier alpha value is -2.53. The van der Waals surface area contributed by atoms with E-state index < -0.39 is 11.6 Å². The van der Waals surface area contributed by atoms with E-state index in [1.807, 2.05) is 0 Å². The summed E-state index contributed by atoms with van der Waals surface area (Å²) in [5.41, 5.74) is -0.239. The molecule has 1 N–H and O–H groups in total. The first-order chi connectivity index (χ1) is 10.6. The number of halogens is 2. The largest absolute Gasteiger partial charge is 0.380 e. The van der Waals surface area contributed by atoms with Crippen LogP contribution in [0.15, 0.2) is 18.5 Å². The third kappa shape index (κ3) is 2.40. The van der Waals surface area contributed by atoms with Gasteiger partial charge in [0.15, 0.2) is 11.6 Å². The van der Waals surface area contributed by atoms with Gasteiger partial charge in [-0.15, -0.1) is 0 Å². The van der Waals surface area contributed by atoms with Crippen LogP contribution >= 0.6 is 0 Å². The smallest absolute Gasteiger partial charge is 0.150 e. The van der Waals surface area contributed by atoms with Gasteiger partial charge < -0.3 is 9.64 Å². The van der Waals surface area contributed by atoms with Gasteiger partial charge in [-0.05, 0) is 12.1 Å². The molecule has 6 nitrogen and oxygen atoms in total. The van der Waals surface area contributed by atoms with E-state index in [-0.39, 0.29) is 23.4 Å². The Morgan fingerprint density at radius 2 is 2.14 bits per heavy atom. The molecular weight excluding hydrogens is 292 g/mol. The van der Waals surface area contributed by atoms with Crippen LogP contribution in [0.2, 0.25) is 0 Å². The topological polar surface area (TPSA) is 77.8 Å². The summed E-state index contributed by atoms with van der Waals surface area (Å²) < 4.78 is 33.9. The average molecular weight is 305 g/mol. The third-order valence-electron chi connectivity index (χ3n) is 3.78. The van der Waals surface area contributed by atoms with Crippen molar-refractivity contribution in [3.05, 3.63) is 41.5 Å². The zero-order valence-electron chi connectivity index (χ0n) is 11.8. The third-order valence-corrected chi connectivity index (χ3v) is 3.78. The predicted octanol–water partition coefficient (Wildman–Crippen LogP) is 1.92. The van der Waals surface area contributed by atoms with Gasteiger partial charge in [-0.3, -0.25) is 5.10 Å². The molecule has 2 heterocycles. The van der Waals surface area contributed by atoms with Crippen molar-refractivity contribution in [3.63, 3.8) is 0 Å². The van der Waals surface area contributed by atoms with Crippen molar-refractivity contribution in [2.45, 2.75) is 18.6 Å². The van der Waals surface area contributed by atoms with Gasteiger partial charge in [-0.1, -0.05) is 0 Å². The zero-order valence-corrected chi connectivity index (χ0v) is 11.8. The molecule has 0 aliphatic carbocycles. The minimum absolute atomic E-state index is 0.0579. The van der Waals surface area contributed by atoms with E-state index in [0.717, 1.165) is 12.1 Å². The van der Waals surface area contributed by atoms with Crippen molar-refractivity contribution >= 4 is 5.69 Å². The summed E-state index contributed by atoms with van der Waals surface area (Å²) in [6.07, 6.45) is 1.70. The van der Waals surface area contributed by atoms with E-state index in [1.165, 1.54) is 6.33 Å². The van der Waals surface area contributed by atoms with Crippen molar-refractivity contribution < 1.29 is 13.5 Å². The molecule has 0 spiro atoms. The van der Waals surface area contributed by atoms with Crippen LogP contribution in [-0.2, 0) is 4.74 Å². The van der Waals surface area contributed by atoms with Gasteiger partial charge in [0, 0.05) is 20.1 Å². The number of nitrogens with zero attached hydrogens (tertiary/aromatic N) is 4. The number of nitriles is 1. The molecule has 8 heteroatoms. The maximum absolute atomic E-state index is 14.3. The van der Waals surface area contributed by atoms with Crippen molar-refractivity contribution in [1.82, 2.24) is 15.2 Å². The van der Waals surface area contributed by atoms with Crippen LogP contribution in [0.25, 0.3) is 0 Å². The highest BCUT2D eigenvalue weighted by Crippen LogP contribution is 2.38. The van der Waals surface area contributed by atoms with Gasteiger partial charge in [0.05, 0.1) is 23.8 Å². The van der Waals surface area contributed by atoms with Crippen LogP contribution in [0, 0.1) is 23.0 Å². The lowest BCUT2D eigenvalue weighted by molar-refractivity contribution is 0.118. The lowest BCUT2D eigenvalue weighted by Crippen LogP contribution is -2.27. The first-order valence-electron chi connectivity index (χ1n) is 6.68. The molecule has 0 amide bonds. The summed E-state index contributed by atoms with van der Waals surface area (Å²) in [5.74, 6) is -1.04. The van der Waals surface area contributed by atoms with Crippen LogP contribution in [0.1, 0.15) is 23.9 Å². The fraction of sp³-hybridized carbons (Fsp3) is 0.357. The Morgan fingerprint density at radius 3 is 2.68 bits per heavy atom. The Kier molecular flexibility index (Phi) is 3.73. The molecule has 1 aliphatic rings. The highest BCUT2D eigenvalue weighted by Gasteiger charge is 2.37. The van der Waals surface area contributed by atoms with Gasteiger partial charge in [-0.2, -0.15) is 10.4 Å². The van der Waals surface area contributed by atoms with E-state index in [0.29, 0.717) is 18.8 Å². The molecule has 1 aromatic heterocycles. The van der Waals surface area contributed by atoms with Crippen LogP contribution < -0.4 is 4.90 Å². The summed E-state index contributed by atoms with van der Waals surface area (Å²) >= 11 is 0. The van der Waals surface area contributed by atoms with Crippen molar-refractivity contribution in [2.75, 3.05) is 18.6 Å². The molecular formula is C14H13F2N5O. The monoisotopic (exact) mass is 305 g/mol. The number of aromatic nitrogens is 3. The maximum Gasteiger partial charge on any atom is 0.150 e. The Balaban J connectivity index is 2.04. The first kappa shape index (κ1) is 14.4. The normalized spacial score (nSPS) is 21.1. The maximum atomic E-state index is 14.3. The van der Waals surface area contributed by atoms with E-state index in [9.17, 15) is 8.78 Å². The van der Waals surface area contributed by atoms with Crippen LogP contribution in [0.5, 0.6) is 0 Å². The fourth-order valence-corrected chi connectivity index (χ4v) is 2.75. The lowest BCUT2D eigenvalue weighted by atomic mass is 10.1. The van der Waals surface area contributed by atoms with Crippen molar-refractivity contribution in [3.8, 4) is 6.07 Å². The first-order valence-corrected chi connectivity index (χ1v) is 6.68. The highest BCUT2D eigenvalue weighted by molar-refractivity contribution is 5.55. The number of hydrogen-bond acceptors (Lipinski definition) is 5. The molecule has 0 bridgehead atoms. The summed E-state index contributed by atoms with van der Waals surface area (Å²) in [4.78, 5) is 5.63. The number of nitrogens with one attached hydrogen (secondary N) is 1. The van der Waals surface area contributed by atoms with E-state index in [2.05, 4.69) is 15.2 Å². The van der Waals surface area contributed by atoms with Gasteiger partial charge >= 0.3 is 0 Å². The fourth-order valence-electron chi connectivity index (χ4n) is 2.75. The number of aromatic amines is 1. The number of ether oxygens (including phenoxy) is 1. The van der Waals surface area contributed by atoms with E-state index in [1.54, 1.807) is 18.1 Å². The van der Waals surface area contributed by atoms with Gasteiger partial charge in [0.25, 0.3) is 0 Å². The minimum atomic E-state index is -0.780. The minimum Gasteiger partial charge on any atom is -0.380 e. The number of benzene rings is 1. The van der Waals surface area contributed by atoms with Crippen molar-refractivity contribution in [2.24, 2.45) is 0 Å². The second-order valence-electron chi connectivity index (χ2n) is 5.03. The molecule has 3 rings (SSSR count). The number of rotatable bonds is 3. The highest BCUT2D eigenvalue weighted by atomic mass is 19.1. The molecule has 1 saturated heterocycles. The number of methoxy groups -OCH3 is 1. The molecule has 1 aromatic carbocycles. The van der Waals surface area contributed by atoms with Gasteiger partial charge in [-0.25, -0.2) is 13.8 Å². The molecule has 22 heavy (non-hydrogen) atoms. The molecule has 0 saturated carbocycles. The zero-order chi connectivity index (χ0) is 15.7. The predicted molar refractivity (Wildman–Crippen MR) is 73.0 cm³/mol. The van der Waals surface area contributed by atoms with Crippen LogP contribution in [0.3, 0.4) is 0 Å². The standard InChI is InChI=1S/C14H13F2N5O/c1-22-9-4-12(14-18-7-19-20-14)21(6-9)13-10(15)2-8(5-17)3-11(13)16/h2-3,7,9,12H,4,6H2,1H3,(H,18,19,20)/t9-,12+/m1/s1. The summed E-state index contributed by atoms with van der Waals surface area (Å²) in [6, 6.07) is 3.41. The lowest BCUT2D eigenvalue weighted by Gasteiger charge is -2.25. The number of H-pyrrole nitrogens is 1. The van der Waals surface area contributed by atoms with Gasteiger partial charge in [0.1, 0.15) is 17.8 Å². The Morgan fingerprint density at radius 1 is 1.41 bits per heavy atom. The van der Waals surface area contributed by atoms with Gasteiger partial charge in [0.2, 0.25) is 0 Å². The quantitative estimate of drug-likeness (QED) is 0.937. The van der Waals surface area contributed by atoms with Crippen LogP contribution in [-0.4, -0.2) is 34.9 Å². The molecule has 2 aromatic rings. The molecule has 1 aliphatic heterocycles. The van der Waals surface area contributed by atoms with E-state index >= 15 is 0 Å². The Bertz CT molecular complexity index is 690. The average Bonchev–Trinajstić information content (AvgIpc) is 3.15. The summed E-state index contributed by atoms with van der Waals surface area (Å²) in [5, 5.41) is 15.3. The number of hydrogen-bond donors (Lipinski definition) is 1. The van der Waals surface area contributed by atoms with Crippen molar-refractivity contribution in [1.29, 1.82) is 5.26 Å². The second kappa shape index (κ2) is 5.69. The van der Waals surface area contributed by atoms with Crippen LogP contribution in [0.4, 0.5) is 14.5 Å². The number of anilines is 1.